The van der Waals surface area contributed by atoms with Crippen LogP contribution in [0.1, 0.15) is 19.3 Å². The minimum atomic E-state index is -0.335. The van der Waals surface area contributed by atoms with Crippen LogP contribution in [0.25, 0.3) is 0 Å². The molecule has 7 nitrogen and oxygen atoms in total. The molecular weight excluding hydrogens is 284 g/mol. The Hall–Kier alpha value is -0.280. The van der Waals surface area contributed by atoms with Crippen LogP contribution in [0.4, 0.5) is 0 Å². The van der Waals surface area contributed by atoms with Gasteiger partial charge in [-0.25, -0.2) is 0 Å². The zero-order valence-corrected chi connectivity index (χ0v) is 13.3. The number of ether oxygens (including phenoxy) is 3. The first kappa shape index (κ1) is 16.6. The molecule has 3 aliphatic heterocycles. The van der Waals surface area contributed by atoms with Crippen molar-refractivity contribution in [3.8, 4) is 0 Å². The summed E-state index contributed by atoms with van der Waals surface area (Å²) < 4.78 is 16.4. The lowest BCUT2D eigenvalue weighted by Gasteiger charge is -2.44. The monoisotopic (exact) mass is 314 g/mol. The van der Waals surface area contributed by atoms with E-state index >= 15 is 0 Å². The number of hydrogen-bond acceptors (Lipinski definition) is 7. The van der Waals surface area contributed by atoms with Crippen LogP contribution < -0.4 is 17.2 Å². The van der Waals surface area contributed by atoms with Crippen molar-refractivity contribution >= 4 is 0 Å². The molecule has 0 aromatic carbocycles. The van der Waals surface area contributed by atoms with Gasteiger partial charge in [0, 0.05) is 37.8 Å². The summed E-state index contributed by atoms with van der Waals surface area (Å²) in [6.07, 6.45) is 3.60. The molecule has 6 N–H and O–H groups in total. The Labute approximate surface area is 132 Å². The van der Waals surface area contributed by atoms with E-state index in [1.54, 1.807) is 0 Å². The van der Waals surface area contributed by atoms with E-state index in [-0.39, 0.29) is 11.6 Å². The van der Waals surface area contributed by atoms with Gasteiger partial charge in [-0.3, -0.25) is 4.90 Å². The standard InChI is InChI=1S/C15H30N4O3/c16-1-3-19(4-2-17)14(5-11-8-20-11)15(18,6-12-9-21-12)7-13-10-22-13/h11-14H,1-10,16-18H2. The molecule has 4 unspecified atom stereocenters. The highest BCUT2D eigenvalue weighted by molar-refractivity contribution is 5.05. The van der Waals surface area contributed by atoms with Gasteiger partial charge >= 0.3 is 0 Å². The lowest BCUT2D eigenvalue weighted by atomic mass is 9.79. The van der Waals surface area contributed by atoms with Crippen LogP contribution in [0.2, 0.25) is 0 Å². The third-order valence-electron chi connectivity index (χ3n) is 4.85. The Morgan fingerprint density at radius 1 is 0.909 bits per heavy atom. The van der Waals surface area contributed by atoms with E-state index in [0.717, 1.165) is 52.2 Å². The van der Waals surface area contributed by atoms with Gasteiger partial charge < -0.3 is 31.4 Å². The van der Waals surface area contributed by atoms with E-state index in [1.165, 1.54) is 0 Å². The van der Waals surface area contributed by atoms with Crippen molar-refractivity contribution in [2.75, 3.05) is 46.0 Å². The largest absolute Gasteiger partial charge is 0.373 e. The minimum Gasteiger partial charge on any atom is -0.373 e. The van der Waals surface area contributed by atoms with Crippen molar-refractivity contribution in [2.24, 2.45) is 17.2 Å². The number of epoxide rings is 3. The summed E-state index contributed by atoms with van der Waals surface area (Å²) in [6, 6.07) is 0.209. The van der Waals surface area contributed by atoms with Gasteiger partial charge in [-0.05, 0) is 19.3 Å². The molecule has 0 aromatic rings. The molecule has 4 atom stereocenters. The summed E-state index contributed by atoms with van der Waals surface area (Å²) in [5.41, 5.74) is 18.2. The topological polar surface area (TPSA) is 119 Å². The SMILES string of the molecule is NCCN(CCN)C(CC1CO1)C(N)(CC1CO1)CC1CO1. The first-order chi connectivity index (χ1) is 10.6. The van der Waals surface area contributed by atoms with Gasteiger partial charge in [0.05, 0.1) is 38.1 Å². The quantitative estimate of drug-likeness (QED) is 0.381. The zero-order valence-electron chi connectivity index (χ0n) is 13.3. The first-order valence-electron chi connectivity index (χ1n) is 8.42. The fourth-order valence-corrected chi connectivity index (χ4v) is 3.53. The number of nitrogens with two attached hydrogens (primary N) is 3. The Bertz CT molecular complexity index is 339. The Kier molecular flexibility index (Phi) is 5.34. The summed E-state index contributed by atoms with van der Waals surface area (Å²) in [7, 11) is 0. The third kappa shape index (κ3) is 4.61. The Balaban J connectivity index is 1.74. The highest BCUT2D eigenvalue weighted by Crippen LogP contribution is 2.36. The van der Waals surface area contributed by atoms with Crippen molar-refractivity contribution in [3.05, 3.63) is 0 Å². The maximum atomic E-state index is 6.92. The van der Waals surface area contributed by atoms with Gasteiger partial charge in [0.2, 0.25) is 0 Å². The maximum absolute atomic E-state index is 6.92. The number of nitrogens with zero attached hydrogens (tertiary/aromatic N) is 1. The predicted molar refractivity (Wildman–Crippen MR) is 83.5 cm³/mol. The molecule has 22 heavy (non-hydrogen) atoms. The van der Waals surface area contributed by atoms with Gasteiger partial charge in [-0.2, -0.15) is 0 Å². The van der Waals surface area contributed by atoms with E-state index in [1.807, 2.05) is 0 Å². The zero-order chi connectivity index (χ0) is 15.6. The molecule has 0 amide bonds. The van der Waals surface area contributed by atoms with Crippen molar-refractivity contribution in [2.45, 2.75) is 49.2 Å². The first-order valence-corrected chi connectivity index (χ1v) is 8.42. The van der Waals surface area contributed by atoms with E-state index in [0.29, 0.717) is 31.4 Å². The van der Waals surface area contributed by atoms with Crippen LogP contribution in [0, 0.1) is 0 Å². The van der Waals surface area contributed by atoms with E-state index in [2.05, 4.69) is 4.90 Å². The highest BCUT2D eigenvalue weighted by atomic mass is 16.6. The fourth-order valence-electron chi connectivity index (χ4n) is 3.53. The molecule has 7 heteroatoms. The lowest BCUT2D eigenvalue weighted by molar-refractivity contribution is 0.0854. The van der Waals surface area contributed by atoms with Crippen LogP contribution in [0.15, 0.2) is 0 Å². The summed E-state index contributed by atoms with van der Waals surface area (Å²) in [4.78, 5) is 2.35. The van der Waals surface area contributed by atoms with E-state index in [9.17, 15) is 0 Å². The fraction of sp³-hybridized carbons (Fsp3) is 1.00. The van der Waals surface area contributed by atoms with E-state index in [4.69, 9.17) is 31.4 Å². The van der Waals surface area contributed by atoms with Crippen LogP contribution in [-0.4, -0.2) is 80.8 Å². The van der Waals surface area contributed by atoms with Crippen LogP contribution >= 0.6 is 0 Å². The smallest absolute Gasteiger partial charge is 0.0828 e. The number of hydrogen-bond donors (Lipinski definition) is 3. The molecule has 3 heterocycles. The molecule has 3 aliphatic rings. The van der Waals surface area contributed by atoms with Crippen LogP contribution in [-0.2, 0) is 14.2 Å². The molecule has 0 aliphatic carbocycles. The minimum absolute atomic E-state index is 0.209. The van der Waals surface area contributed by atoms with Gasteiger partial charge in [0.1, 0.15) is 0 Å². The summed E-state index contributed by atoms with van der Waals surface area (Å²) in [6.45, 7) is 5.33. The van der Waals surface area contributed by atoms with Gasteiger partial charge in [0.15, 0.2) is 0 Å². The molecule has 0 saturated carbocycles. The van der Waals surface area contributed by atoms with Crippen molar-refractivity contribution in [1.82, 2.24) is 4.90 Å². The summed E-state index contributed by atoms with van der Waals surface area (Å²) >= 11 is 0. The van der Waals surface area contributed by atoms with Gasteiger partial charge in [0.25, 0.3) is 0 Å². The normalized spacial score (nSPS) is 33.5. The predicted octanol–water partition coefficient (Wildman–Crippen LogP) is -1.36. The Morgan fingerprint density at radius 3 is 1.73 bits per heavy atom. The number of rotatable bonds is 12. The second-order valence-electron chi connectivity index (χ2n) is 6.87. The Morgan fingerprint density at radius 2 is 1.36 bits per heavy atom. The molecule has 0 spiro atoms. The molecule has 3 fully saturated rings. The maximum Gasteiger partial charge on any atom is 0.0828 e. The van der Waals surface area contributed by atoms with E-state index < -0.39 is 0 Å². The molecule has 3 rings (SSSR count). The average Bonchev–Trinajstić information content (AvgIpc) is 3.32. The molecule has 0 aromatic heterocycles. The second-order valence-corrected chi connectivity index (χ2v) is 6.87. The average molecular weight is 314 g/mol. The molecule has 0 radical (unpaired) electrons. The highest BCUT2D eigenvalue weighted by Gasteiger charge is 2.48. The third-order valence-corrected chi connectivity index (χ3v) is 4.85. The lowest BCUT2D eigenvalue weighted by Crippen LogP contribution is -2.61. The van der Waals surface area contributed by atoms with Gasteiger partial charge in [-0.15, -0.1) is 0 Å². The molecule has 0 bridgehead atoms. The van der Waals surface area contributed by atoms with Gasteiger partial charge in [-0.1, -0.05) is 0 Å². The summed E-state index contributed by atoms with van der Waals surface area (Å²) in [5, 5.41) is 0. The van der Waals surface area contributed by atoms with Crippen LogP contribution in [0.5, 0.6) is 0 Å². The second kappa shape index (κ2) is 7.09. The molecule has 3 saturated heterocycles. The summed E-state index contributed by atoms with van der Waals surface area (Å²) in [5.74, 6) is 0. The van der Waals surface area contributed by atoms with Crippen molar-refractivity contribution < 1.29 is 14.2 Å². The molecular formula is C15H30N4O3. The van der Waals surface area contributed by atoms with Crippen molar-refractivity contribution in [1.29, 1.82) is 0 Å². The van der Waals surface area contributed by atoms with Crippen LogP contribution in [0.3, 0.4) is 0 Å². The molecule has 128 valence electrons. The van der Waals surface area contributed by atoms with Crippen molar-refractivity contribution in [3.63, 3.8) is 0 Å².